The first kappa shape index (κ1) is 17.4. The molecule has 0 aromatic heterocycles. The largest absolute Gasteiger partial charge is 0.486 e. The number of carbonyl (C=O) groups excluding carboxylic acids is 2. The molecular weight excluding hydrogens is 344 g/mol. The Morgan fingerprint density at radius 3 is 2.41 bits per heavy atom. The van der Waals surface area contributed by atoms with Crippen molar-refractivity contribution in [1.82, 2.24) is 0 Å². The molecule has 1 aliphatic heterocycles. The second-order valence-corrected chi connectivity index (χ2v) is 7.03. The van der Waals surface area contributed by atoms with Gasteiger partial charge in [0.1, 0.15) is 13.2 Å². The molecule has 1 saturated carbocycles. The highest BCUT2D eigenvalue weighted by Gasteiger charge is 2.48. The molecule has 1 fully saturated rings. The molecule has 2 aromatic rings. The zero-order chi connectivity index (χ0) is 19.0. The van der Waals surface area contributed by atoms with Gasteiger partial charge >= 0.3 is 0 Å². The van der Waals surface area contributed by atoms with Crippen LogP contribution >= 0.6 is 0 Å². The van der Waals surface area contributed by atoms with Gasteiger partial charge in [-0.05, 0) is 49.6 Å². The highest BCUT2D eigenvalue weighted by Crippen LogP contribution is 2.41. The zero-order valence-corrected chi connectivity index (χ0v) is 15.4. The summed E-state index contributed by atoms with van der Waals surface area (Å²) in [6, 6.07) is 11.1. The number of carbonyl (C=O) groups is 2. The van der Waals surface area contributed by atoms with E-state index in [1.165, 1.54) is 0 Å². The van der Waals surface area contributed by atoms with Crippen molar-refractivity contribution in [3.05, 3.63) is 47.5 Å². The Morgan fingerprint density at radius 1 is 0.926 bits per heavy atom. The van der Waals surface area contributed by atoms with Crippen LogP contribution in [0, 0.1) is 25.7 Å². The summed E-state index contributed by atoms with van der Waals surface area (Å²) < 4.78 is 11.0. The predicted octanol–water partition coefficient (Wildman–Crippen LogP) is 3.29. The Bertz CT molecular complexity index is 909. The van der Waals surface area contributed by atoms with Gasteiger partial charge in [0.25, 0.3) is 0 Å². The lowest BCUT2D eigenvalue weighted by atomic mass is 10.1. The standard InChI is InChI=1S/C21H22N2O4/c1-12-4-3-5-17(13(12)2)23-21(25)16-11-15(16)20(24)22-14-6-7-18-19(10-14)27-9-8-26-18/h3-7,10,15-16H,8-9,11H2,1-2H3,(H,22,24)(H,23,25). The van der Waals surface area contributed by atoms with E-state index >= 15 is 0 Å². The minimum absolute atomic E-state index is 0.106. The highest BCUT2D eigenvalue weighted by atomic mass is 16.6. The molecule has 4 rings (SSSR count). The number of nitrogens with one attached hydrogen (secondary N) is 2. The van der Waals surface area contributed by atoms with Gasteiger partial charge in [-0.2, -0.15) is 0 Å². The Balaban J connectivity index is 1.36. The molecule has 0 bridgehead atoms. The molecule has 2 aromatic carbocycles. The maximum atomic E-state index is 12.5. The summed E-state index contributed by atoms with van der Waals surface area (Å²) >= 11 is 0. The Morgan fingerprint density at radius 2 is 1.63 bits per heavy atom. The molecule has 0 spiro atoms. The SMILES string of the molecule is Cc1cccc(NC(=O)C2CC2C(=O)Nc2ccc3c(c2)OCCO3)c1C. The average Bonchev–Trinajstić information content (AvgIpc) is 3.46. The first-order valence-corrected chi connectivity index (χ1v) is 9.10. The molecule has 0 radical (unpaired) electrons. The van der Waals surface area contributed by atoms with E-state index in [-0.39, 0.29) is 23.7 Å². The Kier molecular flexibility index (Phi) is 4.48. The van der Waals surface area contributed by atoms with Crippen LogP contribution in [0.2, 0.25) is 0 Å². The summed E-state index contributed by atoms with van der Waals surface area (Å²) in [4.78, 5) is 24.9. The van der Waals surface area contributed by atoms with Crippen molar-refractivity contribution in [3.63, 3.8) is 0 Å². The second kappa shape index (κ2) is 6.95. The van der Waals surface area contributed by atoms with Crippen molar-refractivity contribution in [2.45, 2.75) is 20.3 Å². The molecule has 1 heterocycles. The van der Waals surface area contributed by atoms with Gasteiger partial charge in [0.05, 0.1) is 11.8 Å². The summed E-state index contributed by atoms with van der Waals surface area (Å²) in [6.45, 7) is 5.00. The van der Waals surface area contributed by atoms with E-state index in [9.17, 15) is 9.59 Å². The van der Waals surface area contributed by atoms with Gasteiger partial charge in [0.2, 0.25) is 11.8 Å². The minimum Gasteiger partial charge on any atom is -0.486 e. The molecule has 1 aliphatic carbocycles. The summed E-state index contributed by atoms with van der Waals surface area (Å²) in [6.07, 6.45) is 0.563. The molecule has 2 N–H and O–H groups in total. The normalized spacial score (nSPS) is 19.9. The number of hydrogen-bond donors (Lipinski definition) is 2. The van der Waals surface area contributed by atoms with Gasteiger partial charge in [-0.1, -0.05) is 12.1 Å². The third kappa shape index (κ3) is 3.60. The predicted molar refractivity (Wildman–Crippen MR) is 102 cm³/mol. The number of rotatable bonds is 4. The van der Waals surface area contributed by atoms with Crippen LogP contribution in [-0.4, -0.2) is 25.0 Å². The smallest absolute Gasteiger partial charge is 0.228 e. The van der Waals surface area contributed by atoms with E-state index in [1.807, 2.05) is 32.0 Å². The lowest BCUT2D eigenvalue weighted by molar-refractivity contribution is -0.122. The zero-order valence-electron chi connectivity index (χ0n) is 15.4. The second-order valence-electron chi connectivity index (χ2n) is 7.03. The van der Waals surface area contributed by atoms with Crippen molar-refractivity contribution in [1.29, 1.82) is 0 Å². The quantitative estimate of drug-likeness (QED) is 0.871. The summed E-state index contributed by atoms with van der Waals surface area (Å²) in [5.41, 5.74) is 3.61. The highest BCUT2D eigenvalue weighted by molar-refractivity contribution is 6.03. The molecule has 140 valence electrons. The first-order chi connectivity index (χ1) is 13.0. The fourth-order valence-corrected chi connectivity index (χ4v) is 3.24. The molecule has 2 unspecified atom stereocenters. The van der Waals surface area contributed by atoms with Gasteiger partial charge in [0.15, 0.2) is 11.5 Å². The lowest BCUT2D eigenvalue weighted by Gasteiger charge is -2.19. The monoisotopic (exact) mass is 366 g/mol. The molecular formula is C21H22N2O4. The van der Waals surface area contributed by atoms with Gasteiger partial charge in [-0.25, -0.2) is 0 Å². The van der Waals surface area contributed by atoms with Gasteiger partial charge in [-0.15, -0.1) is 0 Å². The molecule has 6 heteroatoms. The van der Waals surface area contributed by atoms with Crippen LogP contribution in [0.3, 0.4) is 0 Å². The molecule has 2 aliphatic rings. The average molecular weight is 366 g/mol. The molecule has 0 saturated heterocycles. The third-order valence-corrected chi connectivity index (χ3v) is 5.14. The molecule has 6 nitrogen and oxygen atoms in total. The van der Waals surface area contributed by atoms with Crippen LogP contribution in [0.15, 0.2) is 36.4 Å². The molecule has 27 heavy (non-hydrogen) atoms. The van der Waals surface area contributed by atoms with E-state index in [2.05, 4.69) is 10.6 Å². The van der Waals surface area contributed by atoms with Crippen LogP contribution in [0.5, 0.6) is 11.5 Å². The van der Waals surface area contributed by atoms with Crippen molar-refractivity contribution in [2.24, 2.45) is 11.8 Å². The number of anilines is 2. The van der Waals surface area contributed by atoms with Crippen LogP contribution in [0.1, 0.15) is 17.5 Å². The van der Waals surface area contributed by atoms with E-state index in [0.29, 0.717) is 36.8 Å². The number of hydrogen-bond acceptors (Lipinski definition) is 4. The number of ether oxygens (including phenoxy) is 2. The van der Waals surface area contributed by atoms with Gasteiger partial charge in [0, 0.05) is 17.4 Å². The van der Waals surface area contributed by atoms with Crippen LogP contribution < -0.4 is 20.1 Å². The number of aryl methyl sites for hydroxylation is 1. The Hall–Kier alpha value is -3.02. The summed E-state index contributed by atoms with van der Waals surface area (Å²) in [5.74, 6) is 0.458. The van der Waals surface area contributed by atoms with Crippen LogP contribution in [-0.2, 0) is 9.59 Å². The van der Waals surface area contributed by atoms with Crippen LogP contribution in [0.25, 0.3) is 0 Å². The fourth-order valence-electron chi connectivity index (χ4n) is 3.24. The fraction of sp³-hybridized carbons (Fsp3) is 0.333. The van der Waals surface area contributed by atoms with E-state index in [0.717, 1.165) is 16.8 Å². The van der Waals surface area contributed by atoms with Crippen LogP contribution in [0.4, 0.5) is 11.4 Å². The van der Waals surface area contributed by atoms with E-state index in [1.54, 1.807) is 18.2 Å². The number of fused-ring (bicyclic) bond motifs is 1. The van der Waals surface area contributed by atoms with Crippen molar-refractivity contribution in [3.8, 4) is 11.5 Å². The van der Waals surface area contributed by atoms with Crippen molar-refractivity contribution >= 4 is 23.2 Å². The van der Waals surface area contributed by atoms with E-state index in [4.69, 9.17) is 9.47 Å². The minimum atomic E-state index is -0.302. The molecule has 2 amide bonds. The topological polar surface area (TPSA) is 76.7 Å². The van der Waals surface area contributed by atoms with Crippen molar-refractivity contribution < 1.29 is 19.1 Å². The molecule has 2 atom stereocenters. The number of benzene rings is 2. The first-order valence-electron chi connectivity index (χ1n) is 9.10. The number of amides is 2. The third-order valence-electron chi connectivity index (χ3n) is 5.14. The maximum absolute atomic E-state index is 12.5. The van der Waals surface area contributed by atoms with Gasteiger partial charge < -0.3 is 20.1 Å². The summed E-state index contributed by atoms with van der Waals surface area (Å²) in [5, 5.41) is 5.82. The maximum Gasteiger partial charge on any atom is 0.228 e. The van der Waals surface area contributed by atoms with Crippen molar-refractivity contribution in [2.75, 3.05) is 23.8 Å². The Labute approximate surface area is 157 Å². The van der Waals surface area contributed by atoms with E-state index < -0.39 is 0 Å². The summed E-state index contributed by atoms with van der Waals surface area (Å²) in [7, 11) is 0. The lowest BCUT2D eigenvalue weighted by Crippen LogP contribution is -2.21. The van der Waals surface area contributed by atoms with Gasteiger partial charge in [-0.3, -0.25) is 9.59 Å².